The van der Waals surface area contributed by atoms with Gasteiger partial charge in [0.2, 0.25) is 0 Å². The van der Waals surface area contributed by atoms with Crippen LogP contribution in [0.15, 0.2) is 17.5 Å². The Balaban J connectivity index is 1.94. The quantitative estimate of drug-likeness (QED) is 0.854. The molecule has 0 bridgehead atoms. The molecule has 0 aliphatic heterocycles. The topological polar surface area (TPSA) is 29.3 Å². The first kappa shape index (κ1) is 12.1. The van der Waals surface area contributed by atoms with Crippen molar-refractivity contribution >= 4 is 11.3 Å². The summed E-state index contributed by atoms with van der Waals surface area (Å²) in [6.45, 7) is 5.44. The van der Waals surface area contributed by atoms with E-state index >= 15 is 0 Å². The van der Waals surface area contributed by atoms with Crippen LogP contribution in [0.2, 0.25) is 0 Å². The van der Waals surface area contributed by atoms with Gasteiger partial charge in [-0.2, -0.15) is 0 Å². The third kappa shape index (κ3) is 2.65. The normalized spacial score (nSPS) is 22.1. The zero-order valence-corrected chi connectivity index (χ0v) is 11.3. The molecule has 2 rings (SSSR count). The maximum Gasteiger partial charge on any atom is 0.0411 e. The van der Waals surface area contributed by atoms with Crippen LogP contribution in [-0.2, 0) is 0 Å². The van der Waals surface area contributed by atoms with Crippen LogP contribution in [-0.4, -0.2) is 24.0 Å². The van der Waals surface area contributed by atoms with E-state index in [9.17, 15) is 0 Å². The Bertz CT molecular complexity index is 328. The second-order valence-electron chi connectivity index (χ2n) is 5.39. The molecule has 2 nitrogen and oxygen atoms in total. The van der Waals surface area contributed by atoms with Crippen molar-refractivity contribution in [3.63, 3.8) is 0 Å². The Kier molecular flexibility index (Phi) is 3.38. The molecular formula is C13H22N2S. The lowest BCUT2D eigenvalue weighted by molar-refractivity contribution is 0.195. The number of nitrogens with zero attached hydrogens (tertiary/aromatic N) is 1. The van der Waals surface area contributed by atoms with Gasteiger partial charge in [0.05, 0.1) is 0 Å². The Morgan fingerprint density at radius 3 is 2.81 bits per heavy atom. The van der Waals surface area contributed by atoms with Crippen LogP contribution in [0.4, 0.5) is 0 Å². The fourth-order valence-corrected chi connectivity index (χ4v) is 3.14. The number of hydrogen-bond acceptors (Lipinski definition) is 3. The first-order valence-corrected chi connectivity index (χ1v) is 6.91. The van der Waals surface area contributed by atoms with Crippen molar-refractivity contribution in [1.82, 2.24) is 4.90 Å². The molecule has 1 aliphatic carbocycles. The maximum atomic E-state index is 6.38. The summed E-state index contributed by atoms with van der Waals surface area (Å²) in [6, 6.07) is 4.80. The van der Waals surface area contributed by atoms with E-state index in [0.29, 0.717) is 6.04 Å². The zero-order valence-electron chi connectivity index (χ0n) is 10.4. The lowest BCUT2D eigenvalue weighted by Gasteiger charge is -2.33. The van der Waals surface area contributed by atoms with Crippen LogP contribution in [0.3, 0.4) is 0 Å². The molecule has 3 heteroatoms. The van der Waals surface area contributed by atoms with Gasteiger partial charge in [-0.3, -0.25) is 4.90 Å². The molecule has 2 unspecified atom stereocenters. The van der Waals surface area contributed by atoms with Gasteiger partial charge in [0, 0.05) is 23.0 Å². The average Bonchev–Trinajstić information content (AvgIpc) is 2.94. The van der Waals surface area contributed by atoms with Crippen molar-refractivity contribution in [2.75, 3.05) is 13.6 Å². The molecule has 1 heterocycles. The minimum atomic E-state index is -0.0136. The fraction of sp³-hybridized carbons (Fsp3) is 0.692. The molecule has 1 saturated carbocycles. The predicted molar refractivity (Wildman–Crippen MR) is 70.7 cm³/mol. The minimum Gasteiger partial charge on any atom is -0.324 e. The first-order chi connectivity index (χ1) is 7.50. The van der Waals surface area contributed by atoms with Gasteiger partial charge in [-0.05, 0) is 51.1 Å². The molecule has 0 amide bonds. The fourth-order valence-electron chi connectivity index (χ4n) is 2.29. The van der Waals surface area contributed by atoms with E-state index in [-0.39, 0.29) is 5.54 Å². The molecule has 1 aliphatic rings. The van der Waals surface area contributed by atoms with Gasteiger partial charge < -0.3 is 5.73 Å². The van der Waals surface area contributed by atoms with E-state index in [4.69, 9.17) is 5.73 Å². The molecule has 1 fully saturated rings. The van der Waals surface area contributed by atoms with Crippen molar-refractivity contribution in [3.05, 3.63) is 22.4 Å². The van der Waals surface area contributed by atoms with E-state index in [2.05, 4.69) is 43.3 Å². The molecule has 0 spiro atoms. The Hall–Kier alpha value is -0.380. The third-order valence-corrected chi connectivity index (χ3v) is 4.76. The second-order valence-corrected chi connectivity index (χ2v) is 6.37. The largest absolute Gasteiger partial charge is 0.324 e. The predicted octanol–water partition coefficient (Wildman–Crippen LogP) is 2.87. The summed E-state index contributed by atoms with van der Waals surface area (Å²) in [6.07, 6.45) is 2.63. The summed E-state index contributed by atoms with van der Waals surface area (Å²) < 4.78 is 0. The molecule has 1 aromatic rings. The molecule has 2 atom stereocenters. The molecular weight excluding hydrogens is 216 g/mol. The molecule has 0 saturated heterocycles. The van der Waals surface area contributed by atoms with Gasteiger partial charge in [-0.15, -0.1) is 11.3 Å². The van der Waals surface area contributed by atoms with Gasteiger partial charge >= 0.3 is 0 Å². The van der Waals surface area contributed by atoms with E-state index in [1.807, 2.05) is 11.3 Å². The average molecular weight is 238 g/mol. The first-order valence-electron chi connectivity index (χ1n) is 6.03. The zero-order chi connectivity index (χ0) is 11.8. The number of thiophene rings is 1. The van der Waals surface area contributed by atoms with Crippen molar-refractivity contribution in [1.29, 1.82) is 0 Å². The molecule has 90 valence electrons. The smallest absolute Gasteiger partial charge is 0.0411 e. The summed E-state index contributed by atoms with van der Waals surface area (Å²) in [5.74, 6) is 0.741. The van der Waals surface area contributed by atoms with Gasteiger partial charge in [0.15, 0.2) is 0 Å². The highest BCUT2D eigenvalue weighted by molar-refractivity contribution is 7.10. The summed E-state index contributed by atoms with van der Waals surface area (Å²) in [5.41, 5.74) is 6.36. The minimum absolute atomic E-state index is 0.0136. The molecule has 1 aromatic heterocycles. The number of hydrogen-bond donors (Lipinski definition) is 1. The van der Waals surface area contributed by atoms with Crippen LogP contribution in [0.5, 0.6) is 0 Å². The lowest BCUT2D eigenvalue weighted by Crippen LogP contribution is -2.49. The second kappa shape index (κ2) is 4.47. The van der Waals surface area contributed by atoms with Gasteiger partial charge in [-0.25, -0.2) is 0 Å². The van der Waals surface area contributed by atoms with Crippen molar-refractivity contribution in [2.45, 2.75) is 38.3 Å². The third-order valence-electron chi connectivity index (χ3n) is 3.72. The summed E-state index contributed by atoms with van der Waals surface area (Å²) in [5, 5.41) is 2.14. The van der Waals surface area contributed by atoms with Gasteiger partial charge in [-0.1, -0.05) is 6.07 Å². The van der Waals surface area contributed by atoms with Crippen molar-refractivity contribution in [2.24, 2.45) is 11.7 Å². The lowest BCUT2D eigenvalue weighted by atomic mass is 9.96. The summed E-state index contributed by atoms with van der Waals surface area (Å²) in [7, 11) is 2.18. The number of likely N-dealkylation sites (N-methyl/N-ethyl adjacent to an activating group) is 1. The summed E-state index contributed by atoms with van der Waals surface area (Å²) in [4.78, 5) is 3.80. The Labute approximate surface area is 102 Å². The Morgan fingerprint density at radius 1 is 1.62 bits per heavy atom. The van der Waals surface area contributed by atoms with E-state index < -0.39 is 0 Å². The van der Waals surface area contributed by atoms with E-state index in [1.165, 1.54) is 17.7 Å². The SMILES string of the molecule is CC(c1cccs1)N(C)CC(C)(N)C1CC1. The molecule has 2 N–H and O–H groups in total. The van der Waals surface area contributed by atoms with Crippen LogP contribution in [0, 0.1) is 5.92 Å². The standard InChI is InChI=1S/C13H22N2S/c1-10(12-5-4-8-16-12)15(3)9-13(2,14)11-6-7-11/h4-5,8,10-11H,6-7,9,14H2,1-3H3. The van der Waals surface area contributed by atoms with Crippen LogP contribution in [0.1, 0.15) is 37.6 Å². The molecule has 16 heavy (non-hydrogen) atoms. The van der Waals surface area contributed by atoms with Crippen LogP contribution in [0.25, 0.3) is 0 Å². The van der Waals surface area contributed by atoms with E-state index in [1.54, 1.807) is 0 Å². The highest BCUT2D eigenvalue weighted by Gasteiger charge is 2.39. The van der Waals surface area contributed by atoms with Crippen molar-refractivity contribution in [3.8, 4) is 0 Å². The Morgan fingerprint density at radius 2 is 2.31 bits per heavy atom. The summed E-state index contributed by atoms with van der Waals surface area (Å²) >= 11 is 1.83. The molecule has 0 radical (unpaired) electrons. The number of rotatable bonds is 5. The van der Waals surface area contributed by atoms with E-state index in [0.717, 1.165) is 12.5 Å². The van der Waals surface area contributed by atoms with Crippen LogP contribution < -0.4 is 5.73 Å². The monoisotopic (exact) mass is 238 g/mol. The highest BCUT2D eigenvalue weighted by atomic mass is 32.1. The van der Waals surface area contributed by atoms with Gasteiger partial charge in [0.25, 0.3) is 0 Å². The van der Waals surface area contributed by atoms with Crippen molar-refractivity contribution < 1.29 is 0 Å². The highest BCUT2D eigenvalue weighted by Crippen LogP contribution is 2.39. The molecule has 0 aromatic carbocycles. The van der Waals surface area contributed by atoms with Crippen LogP contribution >= 0.6 is 11.3 Å². The van der Waals surface area contributed by atoms with Gasteiger partial charge in [0.1, 0.15) is 0 Å². The number of nitrogens with two attached hydrogens (primary N) is 1. The maximum absolute atomic E-state index is 6.38.